The molecule has 2 aromatic carbocycles. The van der Waals surface area contributed by atoms with Gasteiger partial charge in [0.15, 0.2) is 0 Å². The number of hydrogen-bond donors (Lipinski definition) is 0. The van der Waals surface area contributed by atoms with Gasteiger partial charge in [-0.2, -0.15) is 13.2 Å². The number of rotatable bonds is 6. The van der Waals surface area contributed by atoms with Gasteiger partial charge in [0.05, 0.1) is 12.1 Å². The number of nitrogens with zero attached hydrogens (tertiary/aromatic N) is 2. The summed E-state index contributed by atoms with van der Waals surface area (Å²) in [4.78, 5) is 27.8. The summed E-state index contributed by atoms with van der Waals surface area (Å²) in [6, 6.07) is 12.0. The SMILES string of the molecule is CN(C)C(=O)c1ccc(COc2coc(CN3Cc4ccc(C(F)(F)F)cc4C3)cc2=O)cc1. The lowest BCUT2D eigenvalue weighted by molar-refractivity contribution is -0.137. The molecule has 6 nitrogen and oxygen atoms in total. The molecule has 0 unspecified atom stereocenters. The molecule has 0 fully saturated rings. The molecule has 9 heteroatoms. The van der Waals surface area contributed by atoms with Crippen molar-refractivity contribution in [3.63, 3.8) is 0 Å². The van der Waals surface area contributed by atoms with Gasteiger partial charge in [-0.3, -0.25) is 14.5 Å². The predicted molar refractivity (Wildman–Crippen MR) is 118 cm³/mol. The Hall–Kier alpha value is -3.59. The van der Waals surface area contributed by atoms with Gasteiger partial charge in [-0.05, 0) is 41.0 Å². The summed E-state index contributed by atoms with van der Waals surface area (Å²) in [7, 11) is 3.35. The molecule has 1 aromatic heterocycles. The maximum Gasteiger partial charge on any atom is 0.416 e. The average Bonchev–Trinajstić information content (AvgIpc) is 3.19. The third kappa shape index (κ3) is 5.31. The van der Waals surface area contributed by atoms with Crippen molar-refractivity contribution in [1.82, 2.24) is 9.80 Å². The fraction of sp³-hybridized carbons (Fsp3) is 0.280. The van der Waals surface area contributed by atoms with Gasteiger partial charge in [0, 0.05) is 38.8 Å². The Balaban J connectivity index is 1.35. The monoisotopic (exact) mass is 472 g/mol. The van der Waals surface area contributed by atoms with E-state index in [0.717, 1.165) is 17.2 Å². The van der Waals surface area contributed by atoms with Crippen LogP contribution in [0.1, 0.15) is 38.4 Å². The van der Waals surface area contributed by atoms with Crippen molar-refractivity contribution in [1.29, 1.82) is 0 Å². The minimum atomic E-state index is -4.38. The van der Waals surface area contributed by atoms with E-state index in [9.17, 15) is 22.8 Å². The van der Waals surface area contributed by atoms with E-state index in [1.807, 2.05) is 4.90 Å². The normalized spacial score (nSPS) is 13.6. The maximum absolute atomic E-state index is 12.9. The van der Waals surface area contributed by atoms with Gasteiger partial charge in [-0.1, -0.05) is 18.2 Å². The van der Waals surface area contributed by atoms with Crippen LogP contribution in [-0.4, -0.2) is 29.8 Å². The van der Waals surface area contributed by atoms with Gasteiger partial charge < -0.3 is 14.1 Å². The molecule has 3 aromatic rings. The summed E-state index contributed by atoms with van der Waals surface area (Å²) in [5.74, 6) is 0.343. The van der Waals surface area contributed by atoms with Crippen molar-refractivity contribution >= 4 is 5.91 Å². The summed E-state index contributed by atoms with van der Waals surface area (Å²) >= 11 is 0. The fourth-order valence-corrected chi connectivity index (χ4v) is 3.76. The number of ether oxygens (including phenoxy) is 1. The molecule has 1 aliphatic heterocycles. The third-order valence-electron chi connectivity index (χ3n) is 5.55. The van der Waals surface area contributed by atoms with Crippen LogP contribution in [0.2, 0.25) is 0 Å². The summed E-state index contributed by atoms with van der Waals surface area (Å²) in [6.07, 6.45) is -3.14. The smallest absolute Gasteiger partial charge is 0.416 e. The molecule has 0 radical (unpaired) electrons. The van der Waals surface area contributed by atoms with Gasteiger partial charge >= 0.3 is 6.18 Å². The summed E-state index contributed by atoms with van der Waals surface area (Å²) in [5, 5.41) is 0. The molecule has 1 amide bonds. The Labute approximate surface area is 194 Å². The Morgan fingerprint density at radius 3 is 2.41 bits per heavy atom. The van der Waals surface area contributed by atoms with Crippen molar-refractivity contribution in [3.8, 4) is 5.75 Å². The van der Waals surface area contributed by atoms with E-state index in [1.54, 1.807) is 38.4 Å². The Morgan fingerprint density at radius 1 is 1.06 bits per heavy atom. The predicted octanol–water partition coefficient (Wildman–Crippen LogP) is 4.46. The largest absolute Gasteiger partial charge is 0.482 e. The average molecular weight is 472 g/mol. The van der Waals surface area contributed by atoms with Crippen LogP contribution in [0.25, 0.3) is 0 Å². The first-order valence-electron chi connectivity index (χ1n) is 10.6. The van der Waals surface area contributed by atoms with E-state index < -0.39 is 11.7 Å². The van der Waals surface area contributed by atoms with Gasteiger partial charge in [0.2, 0.25) is 11.2 Å². The zero-order chi connectivity index (χ0) is 24.5. The number of alkyl halides is 3. The lowest BCUT2D eigenvalue weighted by atomic mass is 10.1. The molecule has 4 rings (SSSR count). The van der Waals surface area contributed by atoms with Crippen molar-refractivity contribution in [3.05, 3.63) is 98.6 Å². The molecule has 178 valence electrons. The topological polar surface area (TPSA) is 63.0 Å². The fourth-order valence-electron chi connectivity index (χ4n) is 3.76. The summed E-state index contributed by atoms with van der Waals surface area (Å²) < 4.78 is 49.9. The first-order chi connectivity index (χ1) is 16.1. The number of amides is 1. The van der Waals surface area contributed by atoms with Crippen molar-refractivity contribution in [2.75, 3.05) is 14.1 Å². The standard InChI is InChI=1S/C25H23F3N2O4/c1-29(2)24(32)17-5-3-16(4-6-17)14-34-23-15-33-21(10-22(23)31)13-30-11-18-7-8-20(25(26,27)28)9-19(18)12-30/h3-10,15H,11-14H2,1-2H3. The van der Waals surface area contributed by atoms with Crippen LogP contribution >= 0.6 is 0 Å². The molecule has 0 aliphatic carbocycles. The molecule has 0 spiro atoms. The van der Waals surface area contributed by atoms with Crippen LogP contribution < -0.4 is 10.2 Å². The quantitative estimate of drug-likeness (QED) is 0.530. The van der Waals surface area contributed by atoms with E-state index in [-0.39, 0.29) is 30.2 Å². The summed E-state index contributed by atoms with van der Waals surface area (Å²) in [6.45, 7) is 1.23. The van der Waals surface area contributed by atoms with Crippen LogP contribution in [0.4, 0.5) is 13.2 Å². The number of benzene rings is 2. The van der Waals surface area contributed by atoms with E-state index in [2.05, 4.69) is 0 Å². The van der Waals surface area contributed by atoms with E-state index in [0.29, 0.717) is 30.0 Å². The lowest BCUT2D eigenvalue weighted by Crippen LogP contribution is -2.21. The van der Waals surface area contributed by atoms with Crippen LogP contribution in [0.15, 0.2) is 64.0 Å². The molecular weight excluding hydrogens is 449 g/mol. The molecular formula is C25H23F3N2O4. The number of fused-ring (bicyclic) bond motifs is 1. The number of carbonyl (C=O) groups is 1. The second-order valence-corrected chi connectivity index (χ2v) is 8.39. The third-order valence-corrected chi connectivity index (χ3v) is 5.55. The lowest BCUT2D eigenvalue weighted by Gasteiger charge is -2.14. The van der Waals surface area contributed by atoms with Gasteiger partial charge in [-0.25, -0.2) is 0 Å². The van der Waals surface area contributed by atoms with Crippen molar-refractivity contribution in [2.45, 2.75) is 32.4 Å². The second-order valence-electron chi connectivity index (χ2n) is 8.39. The van der Waals surface area contributed by atoms with Gasteiger partial charge in [-0.15, -0.1) is 0 Å². The first-order valence-corrected chi connectivity index (χ1v) is 10.6. The molecule has 2 heterocycles. The highest BCUT2D eigenvalue weighted by molar-refractivity contribution is 5.93. The zero-order valence-electron chi connectivity index (χ0n) is 18.7. The Bertz CT molecular complexity index is 1250. The Kier molecular flexibility index (Phi) is 6.47. The van der Waals surface area contributed by atoms with E-state index in [4.69, 9.17) is 9.15 Å². The molecule has 0 N–H and O–H groups in total. The molecule has 34 heavy (non-hydrogen) atoms. The van der Waals surface area contributed by atoms with Crippen LogP contribution in [0.5, 0.6) is 5.75 Å². The minimum Gasteiger partial charge on any atom is -0.482 e. The van der Waals surface area contributed by atoms with Gasteiger partial charge in [0.25, 0.3) is 5.91 Å². The molecule has 0 saturated heterocycles. The zero-order valence-corrected chi connectivity index (χ0v) is 18.7. The number of hydrogen-bond acceptors (Lipinski definition) is 5. The minimum absolute atomic E-state index is 0.0525. The molecule has 1 aliphatic rings. The highest BCUT2D eigenvalue weighted by Crippen LogP contribution is 2.33. The van der Waals surface area contributed by atoms with Gasteiger partial charge in [0.1, 0.15) is 18.6 Å². The van der Waals surface area contributed by atoms with Crippen LogP contribution in [-0.2, 0) is 32.4 Å². The number of carbonyl (C=O) groups excluding carboxylic acids is 1. The van der Waals surface area contributed by atoms with Crippen LogP contribution in [0.3, 0.4) is 0 Å². The van der Waals surface area contributed by atoms with Crippen molar-refractivity contribution in [2.24, 2.45) is 0 Å². The molecule has 0 saturated carbocycles. The van der Waals surface area contributed by atoms with Crippen molar-refractivity contribution < 1.29 is 27.1 Å². The second kappa shape index (κ2) is 9.34. The summed E-state index contributed by atoms with van der Waals surface area (Å²) in [5.41, 5.74) is 1.77. The first kappa shape index (κ1) is 23.6. The van der Waals surface area contributed by atoms with E-state index in [1.165, 1.54) is 29.4 Å². The molecule has 0 bridgehead atoms. The maximum atomic E-state index is 12.9. The highest BCUT2D eigenvalue weighted by atomic mass is 19.4. The van der Waals surface area contributed by atoms with Crippen LogP contribution in [0, 0.1) is 0 Å². The Morgan fingerprint density at radius 2 is 1.76 bits per heavy atom. The molecule has 0 atom stereocenters. The number of halogens is 3. The highest BCUT2D eigenvalue weighted by Gasteiger charge is 2.32. The van der Waals surface area contributed by atoms with E-state index >= 15 is 0 Å².